The van der Waals surface area contributed by atoms with E-state index in [0.717, 1.165) is 11.3 Å². The van der Waals surface area contributed by atoms with Crippen molar-refractivity contribution in [1.29, 1.82) is 0 Å². The molecule has 0 aliphatic carbocycles. The predicted molar refractivity (Wildman–Crippen MR) is 123 cm³/mol. The fourth-order valence-corrected chi connectivity index (χ4v) is 5.60. The molecule has 1 aromatic heterocycles. The van der Waals surface area contributed by atoms with Gasteiger partial charge in [0.2, 0.25) is 10.0 Å². The van der Waals surface area contributed by atoms with E-state index in [1.54, 1.807) is 11.0 Å². The Morgan fingerprint density at radius 3 is 2.30 bits per heavy atom. The van der Waals surface area contributed by atoms with Crippen molar-refractivity contribution in [2.75, 3.05) is 39.4 Å². The second-order valence-electron chi connectivity index (χ2n) is 8.09. The van der Waals surface area contributed by atoms with Crippen LogP contribution in [-0.2, 0) is 10.0 Å². The van der Waals surface area contributed by atoms with Gasteiger partial charge in [0.25, 0.3) is 5.91 Å². The molecule has 3 aromatic rings. The molecule has 0 atom stereocenters. The molecule has 3 heterocycles. The molecular formula is C24H25N3O5S. The summed E-state index contributed by atoms with van der Waals surface area (Å²) in [6.45, 7) is 3.97. The Morgan fingerprint density at radius 1 is 0.879 bits per heavy atom. The van der Waals surface area contributed by atoms with Crippen molar-refractivity contribution in [2.45, 2.75) is 11.8 Å². The van der Waals surface area contributed by atoms with Crippen LogP contribution in [0, 0.1) is 6.92 Å². The number of ether oxygens (including phenoxy) is 2. The van der Waals surface area contributed by atoms with E-state index in [4.69, 9.17) is 9.47 Å². The van der Waals surface area contributed by atoms with E-state index in [-0.39, 0.29) is 23.9 Å². The molecule has 0 radical (unpaired) electrons. The van der Waals surface area contributed by atoms with Crippen LogP contribution in [0.5, 0.6) is 11.5 Å². The quantitative estimate of drug-likeness (QED) is 0.589. The molecule has 0 unspecified atom stereocenters. The molecule has 2 aliphatic heterocycles. The molecule has 0 spiro atoms. The van der Waals surface area contributed by atoms with Crippen LogP contribution in [0.3, 0.4) is 0 Å². The first-order valence-corrected chi connectivity index (χ1v) is 12.3. The molecule has 9 heteroatoms. The molecular weight excluding hydrogens is 442 g/mol. The number of sulfonamides is 1. The largest absolute Gasteiger partial charge is 0.486 e. The highest BCUT2D eigenvalue weighted by Gasteiger charge is 2.31. The van der Waals surface area contributed by atoms with Crippen molar-refractivity contribution in [2.24, 2.45) is 0 Å². The Labute approximate surface area is 193 Å². The van der Waals surface area contributed by atoms with Crippen molar-refractivity contribution in [3.05, 3.63) is 72.1 Å². The first kappa shape index (κ1) is 21.5. The van der Waals surface area contributed by atoms with Gasteiger partial charge in [-0.2, -0.15) is 4.31 Å². The molecule has 1 amide bonds. The summed E-state index contributed by atoms with van der Waals surface area (Å²) in [4.78, 5) is 15.0. The lowest BCUT2D eigenvalue weighted by atomic mass is 10.1. The average molecular weight is 468 g/mol. The van der Waals surface area contributed by atoms with Crippen LogP contribution in [0.15, 0.2) is 65.8 Å². The zero-order valence-corrected chi connectivity index (χ0v) is 19.1. The standard InChI is InChI=1S/C24H25N3O5S/c1-18-4-5-19(16-21(18)25-8-2-3-9-25)24(28)26-10-12-27(13-11-26)33(29,30)20-6-7-22-23(17-20)32-15-14-31-22/h2-9,16-17H,10-15H2,1H3. The number of rotatable bonds is 4. The topological polar surface area (TPSA) is 81.1 Å². The normalized spacial score (nSPS) is 16.6. The highest BCUT2D eigenvalue weighted by Crippen LogP contribution is 2.33. The van der Waals surface area contributed by atoms with Gasteiger partial charge in [0, 0.05) is 55.9 Å². The molecule has 5 rings (SSSR count). The number of carbonyl (C=O) groups is 1. The van der Waals surface area contributed by atoms with Crippen LogP contribution in [0.4, 0.5) is 0 Å². The maximum atomic E-state index is 13.2. The van der Waals surface area contributed by atoms with Crippen LogP contribution in [0.2, 0.25) is 0 Å². The van der Waals surface area contributed by atoms with E-state index in [1.165, 1.54) is 16.4 Å². The third kappa shape index (κ3) is 4.09. The van der Waals surface area contributed by atoms with Gasteiger partial charge in [-0.1, -0.05) is 6.07 Å². The van der Waals surface area contributed by atoms with Crippen LogP contribution in [0.1, 0.15) is 15.9 Å². The zero-order chi connectivity index (χ0) is 23.0. The van der Waals surface area contributed by atoms with Gasteiger partial charge in [-0.15, -0.1) is 0 Å². The second-order valence-corrected chi connectivity index (χ2v) is 10.0. The second kappa shape index (κ2) is 8.57. The molecule has 2 aliphatic rings. The Kier molecular flexibility index (Phi) is 5.59. The predicted octanol–water partition coefficient (Wildman–Crippen LogP) is 2.70. The van der Waals surface area contributed by atoms with Gasteiger partial charge in [-0.05, 0) is 48.9 Å². The average Bonchev–Trinajstić information content (AvgIpc) is 3.38. The number of fused-ring (bicyclic) bond motifs is 1. The van der Waals surface area contributed by atoms with Crippen LogP contribution >= 0.6 is 0 Å². The van der Waals surface area contributed by atoms with Gasteiger partial charge >= 0.3 is 0 Å². The van der Waals surface area contributed by atoms with Gasteiger partial charge < -0.3 is 18.9 Å². The Bertz CT molecular complexity index is 1280. The molecule has 2 aromatic carbocycles. The lowest BCUT2D eigenvalue weighted by molar-refractivity contribution is 0.0698. The van der Waals surface area contributed by atoms with Crippen LogP contribution < -0.4 is 9.47 Å². The van der Waals surface area contributed by atoms with Crippen molar-refractivity contribution < 1.29 is 22.7 Å². The lowest BCUT2D eigenvalue weighted by Gasteiger charge is -2.34. The summed E-state index contributed by atoms with van der Waals surface area (Å²) in [7, 11) is -3.69. The van der Waals surface area contributed by atoms with E-state index in [1.807, 2.05) is 54.2 Å². The molecule has 0 saturated carbocycles. The number of aryl methyl sites for hydroxylation is 1. The molecule has 8 nitrogen and oxygen atoms in total. The first-order chi connectivity index (χ1) is 15.9. The van der Waals surface area contributed by atoms with E-state index in [0.29, 0.717) is 43.4 Å². The van der Waals surface area contributed by atoms with Crippen LogP contribution in [0.25, 0.3) is 5.69 Å². The fourth-order valence-electron chi connectivity index (χ4n) is 4.16. The summed E-state index contributed by atoms with van der Waals surface area (Å²) < 4.78 is 40.7. The highest BCUT2D eigenvalue weighted by atomic mass is 32.2. The summed E-state index contributed by atoms with van der Waals surface area (Å²) in [6.07, 6.45) is 3.89. The molecule has 1 fully saturated rings. The third-order valence-corrected chi connectivity index (χ3v) is 7.91. The number of amides is 1. The number of hydrogen-bond donors (Lipinski definition) is 0. The summed E-state index contributed by atoms with van der Waals surface area (Å²) >= 11 is 0. The Balaban J connectivity index is 1.29. The van der Waals surface area contributed by atoms with Crippen molar-refractivity contribution >= 4 is 15.9 Å². The fraction of sp³-hybridized carbons (Fsp3) is 0.292. The third-order valence-electron chi connectivity index (χ3n) is 6.02. The molecule has 33 heavy (non-hydrogen) atoms. The van der Waals surface area contributed by atoms with Crippen molar-refractivity contribution in [3.63, 3.8) is 0 Å². The monoisotopic (exact) mass is 467 g/mol. The first-order valence-electron chi connectivity index (χ1n) is 10.9. The minimum Gasteiger partial charge on any atom is -0.486 e. The van der Waals surface area contributed by atoms with E-state index < -0.39 is 10.0 Å². The van der Waals surface area contributed by atoms with Crippen LogP contribution in [-0.4, -0.2) is 67.5 Å². The Hall–Kier alpha value is -3.30. The Morgan fingerprint density at radius 2 is 1.58 bits per heavy atom. The summed E-state index contributed by atoms with van der Waals surface area (Å²) in [5.41, 5.74) is 2.61. The number of carbonyl (C=O) groups excluding carboxylic acids is 1. The molecule has 0 N–H and O–H groups in total. The van der Waals surface area contributed by atoms with Gasteiger partial charge in [-0.3, -0.25) is 4.79 Å². The summed E-state index contributed by atoms with van der Waals surface area (Å²) in [5, 5.41) is 0. The van der Waals surface area contributed by atoms with E-state index >= 15 is 0 Å². The zero-order valence-electron chi connectivity index (χ0n) is 18.3. The van der Waals surface area contributed by atoms with Crippen molar-refractivity contribution in [1.82, 2.24) is 13.8 Å². The number of aromatic nitrogens is 1. The number of nitrogens with zero attached hydrogens (tertiary/aromatic N) is 3. The summed E-state index contributed by atoms with van der Waals surface area (Å²) in [6, 6.07) is 14.2. The van der Waals surface area contributed by atoms with Gasteiger partial charge in [-0.25, -0.2) is 8.42 Å². The highest BCUT2D eigenvalue weighted by molar-refractivity contribution is 7.89. The maximum absolute atomic E-state index is 13.2. The SMILES string of the molecule is Cc1ccc(C(=O)N2CCN(S(=O)(=O)c3ccc4c(c3)OCCO4)CC2)cc1-n1cccc1. The number of benzene rings is 2. The molecule has 0 bridgehead atoms. The maximum Gasteiger partial charge on any atom is 0.254 e. The molecule has 172 valence electrons. The number of piperazine rings is 1. The molecule has 1 saturated heterocycles. The number of hydrogen-bond acceptors (Lipinski definition) is 5. The smallest absolute Gasteiger partial charge is 0.254 e. The van der Waals surface area contributed by atoms with Crippen molar-refractivity contribution in [3.8, 4) is 17.2 Å². The minimum atomic E-state index is -3.69. The van der Waals surface area contributed by atoms with Gasteiger partial charge in [0.1, 0.15) is 13.2 Å². The van der Waals surface area contributed by atoms with E-state index in [2.05, 4.69) is 0 Å². The summed E-state index contributed by atoms with van der Waals surface area (Å²) in [5.74, 6) is 0.891. The van der Waals surface area contributed by atoms with Gasteiger partial charge in [0.05, 0.1) is 4.90 Å². The van der Waals surface area contributed by atoms with Gasteiger partial charge in [0.15, 0.2) is 11.5 Å². The minimum absolute atomic E-state index is 0.0974. The van der Waals surface area contributed by atoms with E-state index in [9.17, 15) is 13.2 Å². The lowest BCUT2D eigenvalue weighted by Crippen LogP contribution is -2.50.